The summed E-state index contributed by atoms with van der Waals surface area (Å²) in [6, 6.07) is 0. The van der Waals surface area contributed by atoms with Gasteiger partial charge in [-0.15, -0.1) is 0 Å². The van der Waals surface area contributed by atoms with Crippen molar-refractivity contribution in [2.45, 2.75) is 13.3 Å². The summed E-state index contributed by atoms with van der Waals surface area (Å²) < 4.78 is 0. The molecule has 0 aliphatic carbocycles. The summed E-state index contributed by atoms with van der Waals surface area (Å²) in [4.78, 5) is 81.3. The second kappa shape index (κ2) is 17.2. The molecule has 12 nitrogen and oxygen atoms in total. The second-order valence-corrected chi connectivity index (χ2v) is 8.47. The van der Waals surface area contributed by atoms with Crippen LogP contribution in [0.3, 0.4) is 0 Å². The maximum Gasteiger partial charge on any atom is 1.00 e. The van der Waals surface area contributed by atoms with E-state index in [-0.39, 0.29) is 78.1 Å². The van der Waals surface area contributed by atoms with Gasteiger partial charge in [0.25, 0.3) is 0 Å². The van der Waals surface area contributed by atoms with Crippen LogP contribution in [-0.4, -0.2) is 81.6 Å². The Morgan fingerprint density at radius 3 is 1.74 bits per heavy atom. The third kappa shape index (κ3) is 23.6. The Morgan fingerprint density at radius 2 is 1.33 bits per heavy atom. The molecule has 0 rings (SSSR count). The Morgan fingerprint density at radius 1 is 0.889 bits per heavy atom. The molecular weight excluding hydrogens is 424 g/mol. The molecule has 0 radical (unpaired) electrons. The number of carbonyl (C=O) groups is 2. The molecule has 0 atom stereocenters. The van der Waals surface area contributed by atoms with E-state index in [1.165, 1.54) is 0 Å². The van der Waals surface area contributed by atoms with Crippen molar-refractivity contribution in [2.24, 2.45) is 0 Å². The zero-order chi connectivity index (χ0) is 19.5. The van der Waals surface area contributed by atoms with E-state index < -0.39 is 40.9 Å². The van der Waals surface area contributed by atoms with Crippen molar-refractivity contribution < 1.29 is 98.1 Å². The van der Waals surface area contributed by atoms with Gasteiger partial charge in [-0.1, -0.05) is 6.92 Å². The first-order valence-corrected chi connectivity index (χ1v) is 11.1. The van der Waals surface area contributed by atoms with Gasteiger partial charge in [0.05, 0.1) is 6.54 Å². The summed E-state index contributed by atoms with van der Waals surface area (Å²) >= 11 is 0. The molecule has 0 aliphatic rings. The van der Waals surface area contributed by atoms with Crippen LogP contribution < -0.4 is 84.9 Å². The number of nitrogens with zero attached hydrogens (tertiary/aromatic N) is 1. The molecular formula is C11H26N4Na2O8P2+2. The van der Waals surface area contributed by atoms with Crippen LogP contribution in [0, 0.1) is 0 Å². The summed E-state index contributed by atoms with van der Waals surface area (Å²) in [7, 11) is -9.17. The van der Waals surface area contributed by atoms with E-state index in [2.05, 4.69) is 16.0 Å². The first kappa shape index (κ1) is 33.1. The van der Waals surface area contributed by atoms with Crippen molar-refractivity contribution in [2.75, 3.05) is 45.3 Å². The minimum atomic E-state index is -4.58. The topological polar surface area (TPSA) is 201 Å². The van der Waals surface area contributed by atoms with Crippen LogP contribution in [0.25, 0.3) is 0 Å². The normalized spacial score (nSPS) is 11.4. The van der Waals surface area contributed by atoms with Gasteiger partial charge in [-0.05, 0) is 6.54 Å². The Balaban J connectivity index is -0.00000288. The molecule has 0 fully saturated rings. The number of amides is 2. The van der Waals surface area contributed by atoms with Crippen LogP contribution in [0.2, 0.25) is 0 Å². The average molecular weight is 450 g/mol. The number of carbonyl (C=O) groups excluding carboxylic acids is 2. The maximum atomic E-state index is 11.7. The monoisotopic (exact) mass is 450 g/mol. The summed E-state index contributed by atoms with van der Waals surface area (Å²) in [6.45, 7) is 2.84. The van der Waals surface area contributed by atoms with Crippen LogP contribution >= 0.6 is 15.9 Å². The van der Waals surface area contributed by atoms with Gasteiger partial charge in [-0.3, -0.25) is 9.59 Å². The molecule has 0 heterocycles. The second-order valence-electron chi connectivity index (χ2n) is 5.24. The zero-order valence-corrected chi connectivity index (χ0v) is 21.7. The Hall–Kier alpha value is 1.48. The first-order valence-electron chi connectivity index (χ1n) is 7.48. The Labute approximate surface area is 203 Å². The molecule has 7 N–H and O–H groups in total. The standard InChI is InChI=1S/C11H26N4O8P2.2Na/c1-2-12-4-3-10(16)13-5-6-14-11(17)7-15(8-24(18,19)20)9-25(21,22)23;;/h12H,2-9H2,1H3,(H,13,16)(H,14,17)(H2,18,19,20)(H2,21,22,23);;/q;2*+1. The minimum absolute atomic E-state index is 0. The zero-order valence-electron chi connectivity index (χ0n) is 15.9. The van der Waals surface area contributed by atoms with Crippen molar-refractivity contribution in [3.05, 3.63) is 0 Å². The Bertz CT molecular complexity index is 410. The average Bonchev–Trinajstić information content (AvgIpc) is 2.40. The van der Waals surface area contributed by atoms with E-state index in [4.69, 9.17) is 19.6 Å². The van der Waals surface area contributed by atoms with Gasteiger partial charge in [-0.25, -0.2) is 24.5 Å². The van der Waals surface area contributed by atoms with Crippen molar-refractivity contribution in [1.82, 2.24) is 20.9 Å². The van der Waals surface area contributed by atoms with Crippen molar-refractivity contribution in [3.8, 4) is 0 Å². The molecule has 0 unspecified atom stereocenters. The predicted octanol–water partition coefficient (Wildman–Crippen LogP) is -10.3. The van der Waals surface area contributed by atoms with Gasteiger partial charge in [0.2, 0.25) is 27.7 Å². The molecule has 0 bridgehead atoms. The van der Waals surface area contributed by atoms with Crippen LogP contribution in [0.15, 0.2) is 0 Å². The van der Waals surface area contributed by atoms with Crippen LogP contribution in [0.4, 0.5) is 0 Å². The summed E-state index contributed by atoms with van der Waals surface area (Å²) in [5, 5.41) is 7.94. The fraction of sp³-hybridized carbons (Fsp3) is 0.818. The molecule has 16 heteroatoms. The van der Waals surface area contributed by atoms with Crippen molar-refractivity contribution in [3.63, 3.8) is 0 Å². The number of rotatable bonds is 13. The molecule has 0 saturated carbocycles. The summed E-state index contributed by atoms with van der Waals surface area (Å²) in [5.74, 6) is -0.872. The van der Waals surface area contributed by atoms with E-state index in [0.717, 1.165) is 6.54 Å². The van der Waals surface area contributed by atoms with Crippen LogP contribution in [-0.2, 0) is 9.59 Å². The Kier molecular flexibility index (Phi) is 21.1. The van der Waals surface area contributed by atoms with Crippen LogP contribution in [0.1, 0.15) is 13.3 Å². The number of hydrogen-bond donors (Lipinski definition) is 7. The SMILES string of the molecule is CCNCCC(=O)NCCNC(=O)CN(C[P+]([O-])(O)O)C[P+]([O-])(O)O.[Na+].[Na+]. The third-order valence-corrected chi connectivity index (χ3v) is 4.22. The summed E-state index contributed by atoms with van der Waals surface area (Å²) in [5.41, 5.74) is 0. The summed E-state index contributed by atoms with van der Waals surface area (Å²) in [6.07, 6.45) is -1.61. The van der Waals surface area contributed by atoms with E-state index in [1.807, 2.05) is 6.92 Å². The van der Waals surface area contributed by atoms with E-state index in [0.29, 0.717) is 17.9 Å². The predicted molar refractivity (Wildman–Crippen MR) is 88.3 cm³/mol. The molecule has 2 amide bonds. The van der Waals surface area contributed by atoms with Crippen LogP contribution in [0.5, 0.6) is 0 Å². The maximum absolute atomic E-state index is 11.7. The van der Waals surface area contributed by atoms with E-state index in [1.54, 1.807) is 0 Å². The fourth-order valence-electron chi connectivity index (χ4n) is 1.80. The van der Waals surface area contributed by atoms with E-state index in [9.17, 15) is 19.4 Å². The largest absolute Gasteiger partial charge is 1.00 e. The van der Waals surface area contributed by atoms with Gasteiger partial charge in [-0.2, -0.15) is 0 Å². The quantitative estimate of drug-likeness (QED) is 0.0803. The third-order valence-electron chi connectivity index (χ3n) is 2.68. The molecule has 0 aromatic heterocycles. The van der Waals surface area contributed by atoms with Gasteiger partial charge in [0.15, 0.2) is 12.6 Å². The molecule has 0 saturated heterocycles. The van der Waals surface area contributed by atoms with Gasteiger partial charge < -0.3 is 25.7 Å². The van der Waals surface area contributed by atoms with Gasteiger partial charge in [0, 0.05) is 26.1 Å². The molecule has 27 heavy (non-hydrogen) atoms. The minimum Gasteiger partial charge on any atom is -0.631 e. The van der Waals surface area contributed by atoms with Gasteiger partial charge in [0.1, 0.15) is 0 Å². The molecule has 0 aliphatic heterocycles. The first-order chi connectivity index (χ1) is 11.4. The molecule has 0 spiro atoms. The van der Waals surface area contributed by atoms with Crippen molar-refractivity contribution >= 4 is 27.7 Å². The smallest absolute Gasteiger partial charge is 0.631 e. The molecule has 148 valence electrons. The van der Waals surface area contributed by atoms with Gasteiger partial charge >= 0.3 is 59.1 Å². The molecule has 0 aromatic carbocycles. The number of nitrogens with one attached hydrogen (secondary N) is 3. The van der Waals surface area contributed by atoms with Crippen molar-refractivity contribution in [1.29, 1.82) is 0 Å². The van der Waals surface area contributed by atoms with E-state index >= 15 is 0 Å². The fourth-order valence-corrected chi connectivity index (χ4v) is 3.40. The molecule has 0 aromatic rings. The number of hydrogen-bond acceptors (Lipinski definition) is 10.